The Morgan fingerprint density at radius 2 is 1.89 bits per heavy atom. The van der Waals surface area contributed by atoms with E-state index in [2.05, 4.69) is 21.4 Å². The fourth-order valence-corrected chi connectivity index (χ4v) is 5.91. The van der Waals surface area contributed by atoms with Gasteiger partial charge in [-0.3, -0.25) is 6.58 Å². The van der Waals surface area contributed by atoms with Crippen LogP contribution in [-0.2, 0) is 10.7 Å². The van der Waals surface area contributed by atoms with Crippen molar-refractivity contribution in [2.45, 2.75) is 43.4 Å². The van der Waals surface area contributed by atoms with E-state index >= 15 is 0 Å². The van der Waals surface area contributed by atoms with Crippen LogP contribution in [0.3, 0.4) is 0 Å². The summed E-state index contributed by atoms with van der Waals surface area (Å²) in [4.78, 5) is 5.03. The molecule has 4 rings (SSSR count). The number of piperidine rings is 1. The van der Waals surface area contributed by atoms with E-state index in [1.165, 1.54) is 31.6 Å². The number of phenols is 1. The molecule has 3 aliphatic heterocycles. The summed E-state index contributed by atoms with van der Waals surface area (Å²) < 4.78 is 32.8. The number of rotatable bonds is 10. The van der Waals surface area contributed by atoms with Gasteiger partial charge in [0.15, 0.2) is 0 Å². The largest absolute Gasteiger partial charge is 1.00 e. The first-order valence-electron chi connectivity index (χ1n) is 12.6. The van der Waals surface area contributed by atoms with E-state index in [4.69, 9.17) is 11.3 Å². The third-order valence-electron chi connectivity index (χ3n) is 7.39. The van der Waals surface area contributed by atoms with Gasteiger partial charge in [-0.15, -0.1) is 16.8 Å². The van der Waals surface area contributed by atoms with Gasteiger partial charge in [-0.05, 0) is 50.2 Å². The maximum atomic E-state index is 13.6. The van der Waals surface area contributed by atoms with Crippen LogP contribution < -0.4 is 24.2 Å². The Bertz CT molecular complexity index is 1020. The van der Waals surface area contributed by atoms with Gasteiger partial charge in [0.2, 0.25) is 0 Å². The van der Waals surface area contributed by atoms with Crippen LogP contribution in [0.4, 0.5) is 8.78 Å². The Kier molecular flexibility index (Phi) is 10.7. The predicted molar refractivity (Wildman–Crippen MR) is 142 cm³/mol. The number of halogens is 2. The summed E-state index contributed by atoms with van der Waals surface area (Å²) in [6, 6.07) is 3.66. The van der Waals surface area contributed by atoms with Crippen molar-refractivity contribution < 1.29 is 37.5 Å². The number of likely N-dealkylation sites (tertiary alicyclic amines) is 2. The summed E-state index contributed by atoms with van der Waals surface area (Å²) in [6.45, 7) is 14.0. The SMILES string of the molecule is [CH-]=C(N[C@@H]1CCCN(CCN2CCC(SC)C2)C1)C1=C(C(=[N-])c2ccc(C(C)(F)F)cc2O)COC1.[Li+]. The normalized spacial score (nSPS) is 23.2. The molecule has 3 heterocycles. The molecule has 2 fully saturated rings. The molecular weight excluding hydrogens is 489 g/mol. The van der Waals surface area contributed by atoms with Gasteiger partial charge in [-0.25, -0.2) is 8.78 Å². The summed E-state index contributed by atoms with van der Waals surface area (Å²) in [5.74, 6) is -3.50. The molecule has 0 amide bonds. The molecule has 0 saturated carbocycles. The van der Waals surface area contributed by atoms with Crippen molar-refractivity contribution in [1.82, 2.24) is 15.1 Å². The average Bonchev–Trinajstić information content (AvgIpc) is 3.52. The van der Waals surface area contributed by atoms with Gasteiger partial charge < -0.3 is 30.4 Å². The molecule has 0 spiro atoms. The van der Waals surface area contributed by atoms with E-state index in [0.29, 0.717) is 16.8 Å². The summed E-state index contributed by atoms with van der Waals surface area (Å²) in [5, 5.41) is 25.4. The summed E-state index contributed by atoms with van der Waals surface area (Å²) in [6.07, 6.45) is 5.55. The van der Waals surface area contributed by atoms with Crippen LogP contribution in [-0.4, -0.2) is 90.6 Å². The molecule has 198 valence electrons. The van der Waals surface area contributed by atoms with Crippen molar-refractivity contribution >= 4 is 17.5 Å². The molecule has 1 aromatic carbocycles. The molecule has 0 bridgehead atoms. The molecule has 1 aromatic rings. The van der Waals surface area contributed by atoms with Gasteiger partial charge in [0.1, 0.15) is 5.75 Å². The number of ether oxygens (including phenoxy) is 1. The van der Waals surface area contributed by atoms with Gasteiger partial charge in [-0.1, -0.05) is 12.1 Å². The molecule has 0 aliphatic carbocycles. The number of hydrogen-bond donors (Lipinski definition) is 2. The number of hydrogen-bond acceptors (Lipinski definition) is 6. The molecule has 3 aliphatic rings. The van der Waals surface area contributed by atoms with Crippen molar-refractivity contribution in [1.29, 1.82) is 0 Å². The maximum absolute atomic E-state index is 13.6. The Morgan fingerprint density at radius 3 is 2.54 bits per heavy atom. The van der Waals surface area contributed by atoms with Crippen molar-refractivity contribution in [2.75, 3.05) is 58.7 Å². The zero-order valence-electron chi connectivity index (χ0n) is 22.1. The number of benzene rings is 1. The minimum absolute atomic E-state index is 0. The summed E-state index contributed by atoms with van der Waals surface area (Å²) in [7, 11) is 0. The van der Waals surface area contributed by atoms with Gasteiger partial charge >= 0.3 is 18.9 Å². The Hall–Kier alpha value is -1.34. The molecule has 0 aromatic heterocycles. The smallest absolute Gasteiger partial charge is 0.804 e. The maximum Gasteiger partial charge on any atom is 1.00 e. The van der Waals surface area contributed by atoms with E-state index in [-0.39, 0.29) is 55.0 Å². The van der Waals surface area contributed by atoms with E-state index in [0.717, 1.165) is 57.3 Å². The molecule has 6 nitrogen and oxygen atoms in total. The second-order valence-electron chi connectivity index (χ2n) is 10.1. The Balaban J connectivity index is 0.00000380. The summed E-state index contributed by atoms with van der Waals surface area (Å²) >= 11 is 1.96. The third-order valence-corrected chi connectivity index (χ3v) is 8.44. The molecule has 10 heteroatoms. The fraction of sp³-hybridized carbons (Fsp3) is 0.593. The van der Waals surface area contributed by atoms with Crippen molar-refractivity contribution in [3.63, 3.8) is 0 Å². The van der Waals surface area contributed by atoms with Crippen LogP contribution in [0, 0.1) is 6.58 Å². The Morgan fingerprint density at radius 1 is 1.19 bits per heavy atom. The number of thioether (sulfide) groups is 1. The van der Waals surface area contributed by atoms with Crippen LogP contribution in [0.25, 0.3) is 5.41 Å². The molecule has 1 unspecified atom stereocenters. The first kappa shape index (κ1) is 30.2. The van der Waals surface area contributed by atoms with Crippen molar-refractivity contribution in [2.24, 2.45) is 0 Å². The van der Waals surface area contributed by atoms with E-state index in [1.807, 2.05) is 11.8 Å². The number of phenolic OH excluding ortho intramolecular Hbond substituents is 1. The van der Waals surface area contributed by atoms with Crippen LogP contribution in [0.2, 0.25) is 0 Å². The van der Waals surface area contributed by atoms with E-state index in [9.17, 15) is 19.3 Å². The van der Waals surface area contributed by atoms with Crippen LogP contribution in [0.1, 0.15) is 37.3 Å². The Labute approximate surface area is 235 Å². The second-order valence-corrected chi connectivity index (χ2v) is 11.2. The molecule has 2 saturated heterocycles. The standard InChI is InChI=1S/C27H36F2N4O2S.Li/c1-18(31-20-5-4-9-32(14-20)11-12-33-10-8-21(15-33)36-3)23-16-35-17-24(23)26(30)22-7-6-19(13-25(22)34)27(2,28)29;/h1,6-7,13,20-21,31,34H,4-5,8-12,14-17H2,2-3H3;/q-2;+1/t20-,21?;/m1./s1. The van der Waals surface area contributed by atoms with Gasteiger partial charge in [0.05, 0.1) is 6.61 Å². The second kappa shape index (κ2) is 13.1. The van der Waals surface area contributed by atoms with Crippen LogP contribution >= 0.6 is 11.8 Å². The number of nitrogens with zero attached hydrogens (tertiary/aromatic N) is 3. The monoisotopic (exact) mass is 525 g/mol. The molecule has 2 atom stereocenters. The number of nitrogens with one attached hydrogen (secondary N) is 1. The minimum Gasteiger partial charge on any atom is -0.804 e. The summed E-state index contributed by atoms with van der Waals surface area (Å²) in [5.41, 5.74) is 1.07. The number of aromatic hydroxyl groups is 1. The van der Waals surface area contributed by atoms with Gasteiger partial charge in [0.25, 0.3) is 5.92 Å². The van der Waals surface area contributed by atoms with E-state index < -0.39 is 11.7 Å². The zero-order chi connectivity index (χ0) is 25.9. The van der Waals surface area contributed by atoms with Crippen LogP contribution in [0.5, 0.6) is 5.75 Å². The van der Waals surface area contributed by atoms with Crippen LogP contribution in [0.15, 0.2) is 35.0 Å². The molecule has 37 heavy (non-hydrogen) atoms. The number of alkyl halides is 2. The third kappa shape index (κ3) is 7.62. The van der Waals surface area contributed by atoms with Crippen molar-refractivity contribution in [3.8, 4) is 5.75 Å². The fourth-order valence-electron chi connectivity index (χ4n) is 5.21. The first-order valence-corrected chi connectivity index (χ1v) is 13.9. The van der Waals surface area contributed by atoms with E-state index in [1.54, 1.807) is 0 Å². The molecule has 0 radical (unpaired) electrons. The quantitative estimate of drug-likeness (QED) is 0.270. The van der Waals surface area contributed by atoms with Gasteiger partial charge in [0, 0.05) is 56.6 Å². The average molecular weight is 526 g/mol. The first-order chi connectivity index (χ1) is 17.2. The molecular formula is C27H36F2LiN4O2S-. The molecule has 2 N–H and O–H groups in total. The van der Waals surface area contributed by atoms with Gasteiger partial charge in [-0.2, -0.15) is 17.5 Å². The topological polar surface area (TPSA) is 70.3 Å². The zero-order valence-corrected chi connectivity index (χ0v) is 22.9. The predicted octanol–water partition coefficient (Wildman–Crippen LogP) is 1.00. The minimum atomic E-state index is -3.09. The van der Waals surface area contributed by atoms with Crippen molar-refractivity contribution in [3.05, 3.63) is 58.2 Å².